The molecule has 1 aromatic heterocycles. The molecule has 2 N–H and O–H groups in total. The molecule has 0 saturated heterocycles. The molecule has 0 aliphatic rings. The van der Waals surface area contributed by atoms with Crippen molar-refractivity contribution in [1.29, 1.82) is 0 Å². The number of amides is 1. The summed E-state index contributed by atoms with van der Waals surface area (Å²) in [5.41, 5.74) is 1.08. The number of benzene rings is 2. The van der Waals surface area contributed by atoms with Crippen molar-refractivity contribution < 1.29 is 14.6 Å². The fraction of sp³-hybridized carbons (Fsp3) is 0.100. The SMILES string of the molecule is O=C(NC(CO)c1ccccc1)c1cccnc1Oc1cccc(Cl)c1. The first-order chi connectivity index (χ1) is 12.7. The van der Waals surface area contributed by atoms with Crippen LogP contribution in [0.25, 0.3) is 0 Å². The van der Waals surface area contributed by atoms with Gasteiger partial charge in [0.2, 0.25) is 5.88 Å². The highest BCUT2D eigenvalue weighted by Crippen LogP contribution is 2.25. The van der Waals surface area contributed by atoms with Gasteiger partial charge in [-0.3, -0.25) is 4.79 Å². The fourth-order valence-corrected chi connectivity index (χ4v) is 2.62. The van der Waals surface area contributed by atoms with Crippen LogP contribution >= 0.6 is 11.6 Å². The molecular formula is C20H17ClN2O3. The lowest BCUT2D eigenvalue weighted by Gasteiger charge is -2.17. The van der Waals surface area contributed by atoms with Crippen LogP contribution in [0.15, 0.2) is 72.9 Å². The largest absolute Gasteiger partial charge is 0.438 e. The molecule has 132 valence electrons. The number of aromatic nitrogens is 1. The zero-order valence-electron chi connectivity index (χ0n) is 13.8. The maximum Gasteiger partial charge on any atom is 0.257 e. The number of halogens is 1. The summed E-state index contributed by atoms with van der Waals surface area (Å²) in [5.74, 6) is 0.252. The van der Waals surface area contributed by atoms with Crippen LogP contribution in [0.2, 0.25) is 5.02 Å². The Bertz CT molecular complexity index is 887. The second kappa shape index (κ2) is 8.47. The van der Waals surface area contributed by atoms with E-state index in [1.807, 2.05) is 30.3 Å². The van der Waals surface area contributed by atoms with Crippen molar-refractivity contribution in [2.45, 2.75) is 6.04 Å². The van der Waals surface area contributed by atoms with Crippen LogP contribution in [0.5, 0.6) is 11.6 Å². The summed E-state index contributed by atoms with van der Waals surface area (Å²) in [4.78, 5) is 16.8. The molecule has 2 aromatic carbocycles. The molecule has 1 atom stereocenters. The number of nitrogens with zero attached hydrogens (tertiary/aromatic N) is 1. The number of hydrogen-bond acceptors (Lipinski definition) is 4. The van der Waals surface area contributed by atoms with Crippen molar-refractivity contribution in [3.63, 3.8) is 0 Å². The Morgan fingerprint density at radius 2 is 1.92 bits per heavy atom. The summed E-state index contributed by atoms with van der Waals surface area (Å²) in [5, 5.41) is 13.0. The number of rotatable bonds is 6. The van der Waals surface area contributed by atoms with Gasteiger partial charge < -0.3 is 15.2 Å². The van der Waals surface area contributed by atoms with E-state index in [2.05, 4.69) is 10.3 Å². The Morgan fingerprint density at radius 3 is 2.65 bits per heavy atom. The standard InChI is InChI=1S/C20H17ClN2O3/c21-15-8-4-9-16(12-15)26-20-17(10-5-11-22-20)19(25)23-18(13-24)14-6-2-1-3-7-14/h1-12,18,24H,13H2,(H,23,25). The highest BCUT2D eigenvalue weighted by molar-refractivity contribution is 6.30. The number of ether oxygens (including phenoxy) is 1. The van der Waals surface area contributed by atoms with E-state index in [9.17, 15) is 9.90 Å². The lowest BCUT2D eigenvalue weighted by Crippen LogP contribution is -2.31. The number of carbonyl (C=O) groups is 1. The van der Waals surface area contributed by atoms with E-state index < -0.39 is 11.9 Å². The molecule has 0 spiro atoms. The molecule has 0 saturated carbocycles. The van der Waals surface area contributed by atoms with Crippen LogP contribution in [0.1, 0.15) is 22.0 Å². The normalized spacial score (nSPS) is 11.6. The van der Waals surface area contributed by atoms with Gasteiger partial charge in [0, 0.05) is 11.2 Å². The van der Waals surface area contributed by atoms with Gasteiger partial charge in [0.05, 0.1) is 12.6 Å². The van der Waals surface area contributed by atoms with Crippen molar-refractivity contribution >= 4 is 17.5 Å². The van der Waals surface area contributed by atoms with Gasteiger partial charge in [-0.2, -0.15) is 0 Å². The molecule has 0 bridgehead atoms. The van der Waals surface area contributed by atoms with Crippen molar-refractivity contribution in [2.75, 3.05) is 6.61 Å². The molecule has 0 fully saturated rings. The molecule has 3 aromatic rings. The molecule has 26 heavy (non-hydrogen) atoms. The first-order valence-electron chi connectivity index (χ1n) is 8.02. The van der Waals surface area contributed by atoms with Gasteiger partial charge in [0.15, 0.2) is 0 Å². The summed E-state index contributed by atoms with van der Waals surface area (Å²) < 4.78 is 5.71. The summed E-state index contributed by atoms with van der Waals surface area (Å²) in [6.45, 7) is -0.222. The molecule has 1 unspecified atom stereocenters. The number of pyridine rings is 1. The summed E-state index contributed by atoms with van der Waals surface area (Å²) >= 11 is 5.96. The topological polar surface area (TPSA) is 71.5 Å². The van der Waals surface area contributed by atoms with Crippen LogP contribution in [0.3, 0.4) is 0 Å². The zero-order valence-corrected chi connectivity index (χ0v) is 14.6. The average Bonchev–Trinajstić information content (AvgIpc) is 2.67. The minimum Gasteiger partial charge on any atom is -0.438 e. The molecule has 1 heterocycles. The maximum absolute atomic E-state index is 12.7. The third kappa shape index (κ3) is 4.39. The van der Waals surface area contributed by atoms with Crippen LogP contribution in [-0.2, 0) is 0 Å². The Morgan fingerprint density at radius 1 is 1.12 bits per heavy atom. The summed E-state index contributed by atoms with van der Waals surface area (Å²) in [7, 11) is 0. The highest BCUT2D eigenvalue weighted by atomic mass is 35.5. The Hall–Kier alpha value is -2.89. The van der Waals surface area contributed by atoms with E-state index >= 15 is 0 Å². The predicted octanol–water partition coefficient (Wildman–Crippen LogP) is 3.99. The van der Waals surface area contributed by atoms with Crippen molar-refractivity contribution in [2.24, 2.45) is 0 Å². The minimum absolute atomic E-state index is 0.164. The number of aliphatic hydroxyl groups is 1. The van der Waals surface area contributed by atoms with Crippen molar-refractivity contribution in [3.05, 3.63) is 89.1 Å². The number of hydrogen-bond donors (Lipinski definition) is 2. The maximum atomic E-state index is 12.7. The molecule has 6 heteroatoms. The Balaban J connectivity index is 1.81. The van der Waals surface area contributed by atoms with Crippen LogP contribution in [0.4, 0.5) is 0 Å². The number of nitrogens with one attached hydrogen (secondary N) is 1. The third-order valence-corrected chi connectivity index (χ3v) is 3.95. The van der Waals surface area contributed by atoms with Gasteiger partial charge in [0.25, 0.3) is 5.91 Å². The van der Waals surface area contributed by atoms with Crippen molar-refractivity contribution in [3.8, 4) is 11.6 Å². The minimum atomic E-state index is -0.525. The smallest absolute Gasteiger partial charge is 0.257 e. The molecule has 3 rings (SSSR count). The van der Waals surface area contributed by atoms with Gasteiger partial charge in [-0.25, -0.2) is 4.98 Å². The molecule has 0 radical (unpaired) electrons. The molecule has 1 amide bonds. The Labute approximate surface area is 156 Å². The lowest BCUT2D eigenvalue weighted by molar-refractivity contribution is 0.0913. The van der Waals surface area contributed by atoms with E-state index in [0.717, 1.165) is 5.56 Å². The second-order valence-corrected chi connectivity index (χ2v) is 5.97. The third-order valence-electron chi connectivity index (χ3n) is 3.72. The monoisotopic (exact) mass is 368 g/mol. The molecule has 5 nitrogen and oxygen atoms in total. The van der Waals surface area contributed by atoms with E-state index in [1.165, 1.54) is 6.20 Å². The zero-order chi connectivity index (χ0) is 18.4. The van der Waals surface area contributed by atoms with E-state index in [-0.39, 0.29) is 18.1 Å². The quantitative estimate of drug-likeness (QED) is 0.690. The first kappa shape index (κ1) is 17.9. The molecular weight excluding hydrogens is 352 g/mol. The first-order valence-corrected chi connectivity index (χ1v) is 8.40. The van der Waals surface area contributed by atoms with E-state index in [4.69, 9.17) is 16.3 Å². The summed E-state index contributed by atoms with van der Waals surface area (Å²) in [6, 6.07) is 18.8. The van der Waals surface area contributed by atoms with E-state index in [1.54, 1.807) is 36.4 Å². The number of carbonyl (C=O) groups excluding carboxylic acids is 1. The highest BCUT2D eigenvalue weighted by Gasteiger charge is 2.19. The predicted molar refractivity (Wildman–Crippen MR) is 99.5 cm³/mol. The van der Waals surface area contributed by atoms with Crippen LogP contribution < -0.4 is 10.1 Å². The van der Waals surface area contributed by atoms with Gasteiger partial charge in [0.1, 0.15) is 11.3 Å². The van der Waals surface area contributed by atoms with Gasteiger partial charge in [-0.05, 0) is 35.9 Å². The molecule has 0 aliphatic carbocycles. The van der Waals surface area contributed by atoms with Gasteiger partial charge >= 0.3 is 0 Å². The fourth-order valence-electron chi connectivity index (χ4n) is 2.44. The van der Waals surface area contributed by atoms with Crippen LogP contribution in [0, 0.1) is 0 Å². The average molecular weight is 369 g/mol. The number of aliphatic hydroxyl groups excluding tert-OH is 1. The molecule has 0 aliphatic heterocycles. The van der Waals surface area contributed by atoms with Gasteiger partial charge in [-0.1, -0.05) is 48.0 Å². The van der Waals surface area contributed by atoms with E-state index in [0.29, 0.717) is 10.8 Å². The van der Waals surface area contributed by atoms with Crippen LogP contribution in [-0.4, -0.2) is 22.6 Å². The Kier molecular flexibility index (Phi) is 5.84. The van der Waals surface area contributed by atoms with Crippen molar-refractivity contribution in [1.82, 2.24) is 10.3 Å². The second-order valence-electron chi connectivity index (χ2n) is 5.53. The lowest BCUT2D eigenvalue weighted by atomic mass is 10.1. The van der Waals surface area contributed by atoms with Gasteiger partial charge in [-0.15, -0.1) is 0 Å². The summed E-state index contributed by atoms with van der Waals surface area (Å²) in [6.07, 6.45) is 1.54.